The highest BCUT2D eigenvalue weighted by atomic mass is 127. The maximum absolute atomic E-state index is 9.62. The summed E-state index contributed by atoms with van der Waals surface area (Å²) in [5.74, 6) is 0.569. The fourth-order valence-corrected chi connectivity index (χ4v) is 3.13. The van der Waals surface area contributed by atoms with E-state index in [4.69, 9.17) is 9.47 Å². The second-order valence-corrected chi connectivity index (χ2v) is 14.0. The van der Waals surface area contributed by atoms with Gasteiger partial charge in [0.1, 0.15) is 6.79 Å². The summed E-state index contributed by atoms with van der Waals surface area (Å²) in [6, 6.07) is 1.19. The van der Waals surface area contributed by atoms with Gasteiger partial charge in [-0.25, -0.2) is 0 Å². The summed E-state index contributed by atoms with van der Waals surface area (Å²) in [5, 5.41) is 9.62. The molecule has 0 spiro atoms. The highest BCUT2D eigenvalue weighted by Crippen LogP contribution is 2.15. The van der Waals surface area contributed by atoms with Crippen molar-refractivity contribution in [1.29, 1.82) is 0 Å². The van der Waals surface area contributed by atoms with Gasteiger partial charge in [-0.2, -0.15) is 0 Å². The first-order valence-electron chi connectivity index (χ1n) is 8.29. The van der Waals surface area contributed by atoms with Gasteiger partial charge in [0.15, 0.2) is 0 Å². The molecule has 0 amide bonds. The van der Waals surface area contributed by atoms with Gasteiger partial charge in [0, 0.05) is 19.1 Å². The molecule has 0 bridgehead atoms. The lowest BCUT2D eigenvalue weighted by molar-refractivity contribution is -0.0413. The zero-order valence-corrected chi connectivity index (χ0v) is 18.2. The lowest BCUT2D eigenvalue weighted by Gasteiger charge is -2.15. The largest absolute Gasteiger partial charge is 0.392 e. The molecule has 0 radical (unpaired) electrons. The smallest absolute Gasteiger partial charge is 0.147 e. The molecule has 0 aromatic rings. The molecular formula is C17H35IO3Si. The number of hydrogen-bond donors (Lipinski definition) is 1. The van der Waals surface area contributed by atoms with E-state index in [-0.39, 0.29) is 6.10 Å². The van der Waals surface area contributed by atoms with Gasteiger partial charge in [-0.05, 0) is 38.1 Å². The van der Waals surface area contributed by atoms with Crippen molar-refractivity contribution in [2.75, 3.05) is 24.4 Å². The summed E-state index contributed by atoms with van der Waals surface area (Å²) in [7, 11) is -0.993. The number of hydrogen-bond acceptors (Lipinski definition) is 3. The third kappa shape index (κ3) is 15.5. The minimum Gasteiger partial charge on any atom is -0.392 e. The normalized spacial score (nSPS) is 15.9. The third-order valence-electron chi connectivity index (χ3n) is 3.50. The molecule has 5 heteroatoms. The third-order valence-corrected chi connectivity index (χ3v) is 6.22. The van der Waals surface area contributed by atoms with Crippen LogP contribution in [0.4, 0.5) is 0 Å². The Kier molecular flexibility index (Phi) is 13.3. The summed E-state index contributed by atoms with van der Waals surface area (Å²) >= 11 is 2.24. The van der Waals surface area contributed by atoms with Crippen LogP contribution in [0.5, 0.6) is 0 Å². The summed E-state index contributed by atoms with van der Waals surface area (Å²) in [6.45, 7) is 13.2. The van der Waals surface area contributed by atoms with Crippen LogP contribution in [0.25, 0.3) is 0 Å². The highest BCUT2D eigenvalue weighted by molar-refractivity contribution is 14.1. The Morgan fingerprint density at radius 1 is 1.27 bits per heavy atom. The summed E-state index contributed by atoms with van der Waals surface area (Å²) in [5.41, 5.74) is 1.26. The van der Waals surface area contributed by atoms with Gasteiger partial charge in [0.25, 0.3) is 0 Å². The van der Waals surface area contributed by atoms with E-state index in [9.17, 15) is 5.11 Å². The van der Waals surface area contributed by atoms with Crippen molar-refractivity contribution in [1.82, 2.24) is 0 Å². The first-order valence-corrected chi connectivity index (χ1v) is 13.5. The molecule has 0 heterocycles. The van der Waals surface area contributed by atoms with Crippen LogP contribution in [-0.2, 0) is 9.47 Å². The number of aliphatic hydroxyl groups is 1. The molecule has 22 heavy (non-hydrogen) atoms. The van der Waals surface area contributed by atoms with E-state index in [0.717, 1.165) is 30.3 Å². The van der Waals surface area contributed by atoms with E-state index in [0.29, 0.717) is 19.3 Å². The molecule has 0 aliphatic heterocycles. The van der Waals surface area contributed by atoms with E-state index in [1.807, 2.05) is 0 Å². The summed E-state index contributed by atoms with van der Waals surface area (Å²) in [6.07, 6.45) is 5.17. The van der Waals surface area contributed by atoms with Crippen molar-refractivity contribution < 1.29 is 14.6 Å². The topological polar surface area (TPSA) is 38.7 Å². The van der Waals surface area contributed by atoms with Crippen molar-refractivity contribution in [2.45, 2.75) is 64.9 Å². The van der Waals surface area contributed by atoms with Crippen LogP contribution < -0.4 is 0 Å². The van der Waals surface area contributed by atoms with Crippen LogP contribution in [0.1, 0.15) is 33.1 Å². The molecule has 1 N–H and O–H groups in total. The van der Waals surface area contributed by atoms with Gasteiger partial charge in [-0.1, -0.05) is 60.8 Å². The van der Waals surface area contributed by atoms with Gasteiger partial charge in [-0.15, -0.1) is 0 Å². The molecule has 0 saturated heterocycles. The maximum Gasteiger partial charge on any atom is 0.147 e. The molecule has 0 aliphatic carbocycles. The van der Waals surface area contributed by atoms with Crippen molar-refractivity contribution in [3.05, 3.63) is 11.6 Å². The van der Waals surface area contributed by atoms with Crippen LogP contribution >= 0.6 is 22.6 Å². The number of alkyl halides is 1. The Morgan fingerprint density at radius 2 is 1.95 bits per heavy atom. The second kappa shape index (κ2) is 12.9. The number of allylic oxidation sites excluding steroid dienone is 1. The predicted octanol–water partition coefficient (Wildman–Crippen LogP) is 4.86. The average Bonchev–Trinajstić information content (AvgIpc) is 2.41. The number of halogens is 1. The molecule has 0 rings (SSSR count). The van der Waals surface area contributed by atoms with Gasteiger partial charge in [-0.3, -0.25) is 0 Å². The van der Waals surface area contributed by atoms with Crippen molar-refractivity contribution >= 4 is 30.7 Å². The minimum absolute atomic E-state index is 0.155. The molecule has 132 valence electrons. The summed E-state index contributed by atoms with van der Waals surface area (Å²) in [4.78, 5) is 0. The van der Waals surface area contributed by atoms with Crippen LogP contribution in [0.15, 0.2) is 11.6 Å². The van der Waals surface area contributed by atoms with E-state index in [1.165, 1.54) is 11.6 Å². The quantitative estimate of drug-likeness (QED) is 0.111. The standard InChI is InChI=1S/C17H35IO3Si/c1-15(11-17(19)12-18)7-6-8-16(2)13-21-14-20-9-10-22(3,4)5/h8,15,17,19H,6-7,9-14H2,1-5H3/b16-8+/t15-,17-/m0/s1. The molecule has 0 aromatic carbocycles. The lowest BCUT2D eigenvalue weighted by atomic mass is 9.98. The monoisotopic (exact) mass is 442 g/mol. The Hall–Kier alpha value is 0.567. The molecule has 0 saturated carbocycles. The fourth-order valence-electron chi connectivity index (χ4n) is 2.02. The molecule has 0 aromatic heterocycles. The van der Waals surface area contributed by atoms with Crippen molar-refractivity contribution in [3.8, 4) is 0 Å². The molecule has 3 nitrogen and oxygen atoms in total. The SMILES string of the molecule is C/C(=C\CC[C@H](C)C[C@H](O)CI)COCOCC[Si](C)(C)C. The van der Waals surface area contributed by atoms with Crippen LogP contribution in [0.3, 0.4) is 0 Å². The van der Waals surface area contributed by atoms with Gasteiger partial charge >= 0.3 is 0 Å². The summed E-state index contributed by atoms with van der Waals surface area (Å²) < 4.78 is 11.9. The maximum atomic E-state index is 9.62. The van der Waals surface area contributed by atoms with E-state index < -0.39 is 8.07 Å². The van der Waals surface area contributed by atoms with E-state index >= 15 is 0 Å². The zero-order valence-electron chi connectivity index (χ0n) is 15.0. The van der Waals surface area contributed by atoms with Crippen molar-refractivity contribution in [3.63, 3.8) is 0 Å². The first-order chi connectivity index (χ1) is 10.2. The van der Waals surface area contributed by atoms with Gasteiger partial charge in [0.05, 0.1) is 12.7 Å². The number of rotatable bonds is 13. The zero-order chi connectivity index (χ0) is 17.0. The lowest BCUT2D eigenvalue weighted by Crippen LogP contribution is -2.22. The predicted molar refractivity (Wildman–Crippen MR) is 107 cm³/mol. The molecular weight excluding hydrogens is 407 g/mol. The van der Waals surface area contributed by atoms with Gasteiger partial charge in [0.2, 0.25) is 0 Å². The second-order valence-electron chi connectivity index (χ2n) is 7.46. The van der Waals surface area contributed by atoms with Crippen LogP contribution in [-0.4, -0.2) is 43.7 Å². The Labute approximate surface area is 152 Å². The van der Waals surface area contributed by atoms with E-state index in [2.05, 4.69) is 62.2 Å². The molecule has 2 atom stereocenters. The Balaban J connectivity index is 3.61. The molecule has 0 aliphatic rings. The molecule has 0 unspecified atom stereocenters. The van der Waals surface area contributed by atoms with E-state index in [1.54, 1.807) is 0 Å². The number of aliphatic hydroxyl groups excluding tert-OH is 1. The highest BCUT2D eigenvalue weighted by Gasteiger charge is 2.11. The van der Waals surface area contributed by atoms with Crippen LogP contribution in [0.2, 0.25) is 25.7 Å². The molecule has 0 fully saturated rings. The Bertz CT molecular complexity index is 303. The first kappa shape index (κ1) is 22.6. The van der Waals surface area contributed by atoms with Crippen LogP contribution in [0, 0.1) is 5.92 Å². The van der Waals surface area contributed by atoms with Crippen molar-refractivity contribution in [2.24, 2.45) is 5.92 Å². The minimum atomic E-state index is -0.993. The number of ether oxygens (including phenoxy) is 2. The average molecular weight is 442 g/mol. The van der Waals surface area contributed by atoms with Gasteiger partial charge < -0.3 is 14.6 Å². The Morgan fingerprint density at radius 3 is 2.55 bits per heavy atom. The fraction of sp³-hybridized carbons (Fsp3) is 0.882.